The lowest BCUT2D eigenvalue weighted by Crippen LogP contribution is -2.25. The molecule has 1 aliphatic rings. The maximum absolute atomic E-state index is 11.9. The second-order valence-electron chi connectivity index (χ2n) is 6.18. The number of nitrogens with one attached hydrogen (secondary N) is 1. The highest BCUT2D eigenvalue weighted by Gasteiger charge is 2.32. The van der Waals surface area contributed by atoms with Crippen LogP contribution in [0.1, 0.15) is 24.8 Å². The number of unbranched alkanes of at least 4 members (excludes halogenated alkanes) is 1. The van der Waals surface area contributed by atoms with Gasteiger partial charge in [-0.3, -0.25) is 19.7 Å². The molecule has 0 radical (unpaired) electrons. The molecule has 0 spiro atoms. The number of amides is 2. The third kappa shape index (κ3) is 4.81. The number of imide groups is 1. The first-order valence-electron chi connectivity index (χ1n) is 8.52. The highest BCUT2D eigenvalue weighted by Crippen LogP contribution is 2.38. The Bertz CT molecular complexity index is 901. The van der Waals surface area contributed by atoms with Crippen molar-refractivity contribution in [1.82, 2.24) is 5.32 Å². The van der Waals surface area contributed by atoms with Gasteiger partial charge in [-0.15, -0.1) is 0 Å². The van der Waals surface area contributed by atoms with Gasteiger partial charge in [-0.1, -0.05) is 36.0 Å². The Morgan fingerprint density at radius 3 is 2.63 bits per heavy atom. The third-order valence-corrected chi connectivity index (χ3v) is 5.81. The van der Waals surface area contributed by atoms with E-state index in [0.29, 0.717) is 31.6 Å². The van der Waals surface area contributed by atoms with Crippen LogP contribution >= 0.6 is 27.7 Å². The summed E-state index contributed by atoms with van der Waals surface area (Å²) in [5, 5.41) is 12.1. The van der Waals surface area contributed by atoms with Gasteiger partial charge < -0.3 is 9.84 Å². The topological polar surface area (TPSA) is 92.7 Å². The number of benzene rings is 2. The van der Waals surface area contributed by atoms with Crippen LogP contribution in [0, 0.1) is 0 Å². The number of hydrogen-bond donors (Lipinski definition) is 2. The molecule has 3 rings (SSSR count). The molecule has 1 aliphatic heterocycles. The standard InChI is InChI=1S/C19H18BrNO5S/c20-14-9-11(10-15-18(24)21-19(25)27-15)12-5-1-2-6-13(12)17(14)26-8-4-3-7-16(22)23/h1-2,5-6,9,15H,3-4,7-8,10H2,(H,22,23)(H,21,24,25). The normalized spacial score (nSPS) is 16.6. The number of carbonyl (C=O) groups is 3. The molecule has 142 valence electrons. The van der Waals surface area contributed by atoms with Crippen LogP contribution in [0.2, 0.25) is 0 Å². The predicted molar refractivity (Wildman–Crippen MR) is 107 cm³/mol. The maximum atomic E-state index is 11.9. The zero-order valence-electron chi connectivity index (χ0n) is 14.4. The Hall–Kier alpha value is -2.06. The summed E-state index contributed by atoms with van der Waals surface area (Å²) >= 11 is 4.56. The van der Waals surface area contributed by atoms with Gasteiger partial charge >= 0.3 is 5.97 Å². The van der Waals surface area contributed by atoms with Crippen LogP contribution < -0.4 is 10.1 Å². The Morgan fingerprint density at radius 2 is 1.96 bits per heavy atom. The molecule has 6 nitrogen and oxygen atoms in total. The molecular formula is C19H18BrNO5S. The molecule has 2 aromatic rings. The smallest absolute Gasteiger partial charge is 0.303 e. The van der Waals surface area contributed by atoms with Gasteiger partial charge in [0.25, 0.3) is 5.24 Å². The molecule has 1 heterocycles. The number of carboxylic acids is 1. The second-order valence-corrected chi connectivity index (χ2v) is 8.21. The Kier molecular flexibility index (Phi) is 6.38. The molecule has 0 bridgehead atoms. The van der Waals surface area contributed by atoms with Gasteiger partial charge in [0.15, 0.2) is 0 Å². The summed E-state index contributed by atoms with van der Waals surface area (Å²) in [5.74, 6) is -0.369. The Balaban J connectivity index is 1.80. The van der Waals surface area contributed by atoms with Gasteiger partial charge in [0.05, 0.1) is 16.3 Å². The van der Waals surface area contributed by atoms with Crippen molar-refractivity contribution in [2.45, 2.75) is 30.9 Å². The molecule has 2 amide bonds. The van der Waals surface area contributed by atoms with Crippen molar-refractivity contribution in [3.05, 3.63) is 40.4 Å². The number of carboxylic acid groups (broad SMARTS) is 1. The molecule has 2 aromatic carbocycles. The predicted octanol–water partition coefficient (Wildman–Crippen LogP) is 4.13. The minimum atomic E-state index is -0.807. The van der Waals surface area contributed by atoms with E-state index in [2.05, 4.69) is 21.2 Å². The Labute approximate surface area is 168 Å². The Morgan fingerprint density at radius 1 is 1.22 bits per heavy atom. The summed E-state index contributed by atoms with van der Waals surface area (Å²) in [6.45, 7) is 0.421. The van der Waals surface area contributed by atoms with Crippen LogP contribution in [0.5, 0.6) is 5.75 Å². The van der Waals surface area contributed by atoms with Crippen LogP contribution in [0.3, 0.4) is 0 Å². The number of carbonyl (C=O) groups excluding carboxylic acids is 2. The van der Waals surface area contributed by atoms with Crippen molar-refractivity contribution in [1.29, 1.82) is 0 Å². The molecular weight excluding hydrogens is 434 g/mol. The van der Waals surface area contributed by atoms with E-state index in [1.807, 2.05) is 30.3 Å². The van der Waals surface area contributed by atoms with E-state index >= 15 is 0 Å². The van der Waals surface area contributed by atoms with Gasteiger partial charge in [0.2, 0.25) is 5.91 Å². The first-order valence-corrected chi connectivity index (χ1v) is 10.2. The molecule has 27 heavy (non-hydrogen) atoms. The quantitative estimate of drug-likeness (QED) is 0.586. The minimum absolute atomic E-state index is 0.129. The largest absolute Gasteiger partial charge is 0.492 e. The molecule has 8 heteroatoms. The summed E-state index contributed by atoms with van der Waals surface area (Å²) in [7, 11) is 0. The van der Waals surface area contributed by atoms with Gasteiger partial charge in [-0.2, -0.15) is 0 Å². The average molecular weight is 452 g/mol. The van der Waals surface area contributed by atoms with E-state index < -0.39 is 11.2 Å². The second kappa shape index (κ2) is 8.75. The number of ether oxygens (including phenoxy) is 1. The van der Waals surface area contributed by atoms with Gasteiger partial charge in [0.1, 0.15) is 5.75 Å². The first kappa shape index (κ1) is 19.7. The number of fused-ring (bicyclic) bond motifs is 1. The first-order chi connectivity index (χ1) is 13.0. The van der Waals surface area contributed by atoms with E-state index in [1.165, 1.54) is 0 Å². The van der Waals surface area contributed by atoms with E-state index in [1.54, 1.807) is 0 Å². The van der Waals surface area contributed by atoms with E-state index in [0.717, 1.165) is 32.6 Å². The minimum Gasteiger partial charge on any atom is -0.492 e. The summed E-state index contributed by atoms with van der Waals surface area (Å²) in [4.78, 5) is 33.9. The van der Waals surface area contributed by atoms with Gasteiger partial charge in [-0.05, 0) is 52.2 Å². The van der Waals surface area contributed by atoms with Crippen molar-refractivity contribution in [3.8, 4) is 5.75 Å². The van der Waals surface area contributed by atoms with Gasteiger partial charge in [0, 0.05) is 11.8 Å². The van der Waals surface area contributed by atoms with Crippen LogP contribution in [-0.2, 0) is 16.0 Å². The molecule has 1 unspecified atom stereocenters. The van der Waals surface area contributed by atoms with E-state index in [-0.39, 0.29) is 17.6 Å². The summed E-state index contributed by atoms with van der Waals surface area (Å²) < 4.78 is 6.68. The number of thioether (sulfide) groups is 1. The number of hydrogen-bond acceptors (Lipinski definition) is 5. The SMILES string of the molecule is O=C(O)CCCCOc1c(Br)cc(CC2SC(=O)NC2=O)c2ccccc12. The molecule has 0 aliphatic carbocycles. The van der Waals surface area contributed by atoms with Crippen LogP contribution in [0.25, 0.3) is 10.8 Å². The zero-order valence-corrected chi connectivity index (χ0v) is 16.8. The highest BCUT2D eigenvalue weighted by atomic mass is 79.9. The van der Waals surface area contributed by atoms with E-state index in [4.69, 9.17) is 9.84 Å². The molecule has 1 saturated heterocycles. The molecule has 2 N–H and O–H groups in total. The fourth-order valence-corrected chi connectivity index (χ4v) is 4.43. The fraction of sp³-hybridized carbons (Fsp3) is 0.316. The number of rotatable bonds is 8. The van der Waals surface area contributed by atoms with Crippen molar-refractivity contribution in [2.75, 3.05) is 6.61 Å². The number of aliphatic carboxylic acids is 1. The summed E-state index contributed by atoms with van der Waals surface area (Å²) in [6.07, 6.45) is 1.78. The lowest BCUT2D eigenvalue weighted by atomic mass is 9.99. The van der Waals surface area contributed by atoms with Gasteiger partial charge in [-0.25, -0.2) is 0 Å². The maximum Gasteiger partial charge on any atom is 0.303 e. The molecule has 1 fully saturated rings. The van der Waals surface area contributed by atoms with Crippen molar-refractivity contribution >= 4 is 55.6 Å². The van der Waals surface area contributed by atoms with Crippen LogP contribution in [0.4, 0.5) is 4.79 Å². The fourth-order valence-electron chi connectivity index (χ4n) is 2.98. The van der Waals surface area contributed by atoms with Crippen LogP contribution in [-0.4, -0.2) is 34.1 Å². The zero-order chi connectivity index (χ0) is 19.4. The third-order valence-electron chi connectivity index (χ3n) is 4.24. The lowest BCUT2D eigenvalue weighted by molar-refractivity contribution is -0.137. The van der Waals surface area contributed by atoms with Crippen molar-refractivity contribution < 1.29 is 24.2 Å². The van der Waals surface area contributed by atoms with Crippen LogP contribution in [0.15, 0.2) is 34.8 Å². The lowest BCUT2D eigenvalue weighted by Gasteiger charge is -2.16. The number of halogens is 1. The summed E-state index contributed by atoms with van der Waals surface area (Å²) in [6, 6.07) is 9.67. The molecule has 0 aromatic heterocycles. The monoisotopic (exact) mass is 451 g/mol. The molecule has 0 saturated carbocycles. The van der Waals surface area contributed by atoms with Crippen molar-refractivity contribution in [2.24, 2.45) is 0 Å². The average Bonchev–Trinajstić information content (AvgIpc) is 2.94. The molecule has 1 atom stereocenters. The van der Waals surface area contributed by atoms with Crippen molar-refractivity contribution in [3.63, 3.8) is 0 Å². The highest BCUT2D eigenvalue weighted by molar-refractivity contribution is 9.10. The summed E-state index contributed by atoms with van der Waals surface area (Å²) in [5.41, 5.74) is 0.957. The van der Waals surface area contributed by atoms with E-state index in [9.17, 15) is 14.4 Å².